The van der Waals surface area contributed by atoms with Crippen LogP contribution in [0, 0.1) is 0 Å². The van der Waals surface area contributed by atoms with Gasteiger partial charge in [-0.05, 0) is 62.7 Å². The number of hydrogen-bond donors (Lipinski definition) is 0. The minimum absolute atomic E-state index is 0. The van der Waals surface area contributed by atoms with Gasteiger partial charge in [0, 0.05) is 5.57 Å². The fourth-order valence-corrected chi connectivity index (χ4v) is 6.94. The van der Waals surface area contributed by atoms with Gasteiger partial charge in [-0.1, -0.05) is 158 Å². The van der Waals surface area contributed by atoms with Crippen molar-refractivity contribution in [1.82, 2.24) is 19.9 Å². The zero-order valence-corrected chi connectivity index (χ0v) is 28.5. The van der Waals surface area contributed by atoms with Crippen molar-refractivity contribution in [3.05, 3.63) is 181 Å². The normalized spacial score (nSPS) is 11.9. The van der Waals surface area contributed by atoms with E-state index in [0.717, 1.165) is 94.9 Å². The Labute approximate surface area is 306 Å². The predicted octanol–water partition coefficient (Wildman–Crippen LogP) is 11.1. The molecule has 5 heterocycles. The minimum atomic E-state index is 0. The Hall–Kier alpha value is -6.29. The van der Waals surface area contributed by atoms with E-state index >= 15 is 0 Å². The first-order valence-corrected chi connectivity index (χ1v) is 16.7. The van der Waals surface area contributed by atoms with Crippen LogP contribution in [-0.4, -0.2) is 9.97 Å². The number of fused-ring (bicyclic) bond motifs is 8. The Morgan fingerprint density at radius 1 is 0.412 bits per heavy atom. The molecular weight excluding hydrogens is 667 g/mol. The van der Waals surface area contributed by atoms with E-state index in [4.69, 9.17) is 19.9 Å². The van der Waals surface area contributed by atoms with Crippen LogP contribution in [0.3, 0.4) is 0 Å². The molecule has 4 nitrogen and oxygen atoms in total. The Balaban J connectivity index is 0.00000374. The Morgan fingerprint density at radius 2 is 0.765 bits per heavy atom. The number of rotatable bonds is 5. The zero-order chi connectivity index (χ0) is 33.4. The molecule has 5 heteroatoms. The van der Waals surface area contributed by atoms with Crippen LogP contribution in [0.2, 0.25) is 0 Å². The average molecular weight is 697 g/mol. The second-order valence-electron chi connectivity index (χ2n) is 12.3. The maximum atomic E-state index is 5.41. The van der Waals surface area contributed by atoms with Crippen molar-refractivity contribution < 1.29 is 16.5 Å². The Morgan fingerprint density at radius 3 is 1.16 bits per heavy atom. The molecular formula is C46H30N4Ni. The van der Waals surface area contributed by atoms with E-state index in [-0.39, 0.29) is 16.5 Å². The van der Waals surface area contributed by atoms with Crippen molar-refractivity contribution in [3.8, 4) is 44.5 Å². The van der Waals surface area contributed by atoms with Crippen LogP contribution in [-0.2, 0) is 16.5 Å². The fraction of sp³-hybridized carbons (Fsp3) is 0. The molecule has 9 rings (SSSR count). The van der Waals surface area contributed by atoms with Crippen LogP contribution < -0.4 is 9.97 Å². The molecule has 0 radical (unpaired) electrons. The van der Waals surface area contributed by atoms with Crippen molar-refractivity contribution in [2.45, 2.75) is 0 Å². The van der Waals surface area contributed by atoms with Gasteiger partial charge in [0.25, 0.3) is 0 Å². The molecule has 51 heavy (non-hydrogen) atoms. The number of aromatic nitrogens is 4. The first kappa shape index (κ1) is 31.9. The van der Waals surface area contributed by atoms with Gasteiger partial charge in [0.15, 0.2) is 0 Å². The SMILES string of the molecule is C=CC1=Cc2nc1c(-c1ccccc1)c1ccc([n-]1)c(-c1ccccc1)c1nc(c(-c3ccccc3)c3ccc([n-]3)c2-c2ccccc2)C=C1.[Ni+2]. The molecule has 244 valence electrons. The number of hydrogen-bond acceptors (Lipinski definition) is 2. The third kappa shape index (κ3) is 5.78. The summed E-state index contributed by atoms with van der Waals surface area (Å²) in [7, 11) is 0. The van der Waals surface area contributed by atoms with Crippen LogP contribution in [0.1, 0.15) is 22.8 Å². The molecule has 2 aliphatic rings. The molecule has 8 bridgehead atoms. The number of allylic oxidation sites excluding steroid dienone is 2. The fourth-order valence-electron chi connectivity index (χ4n) is 6.94. The van der Waals surface area contributed by atoms with E-state index in [9.17, 15) is 0 Å². The van der Waals surface area contributed by atoms with Crippen LogP contribution in [0.4, 0.5) is 0 Å². The average Bonchev–Trinajstić information content (AvgIpc) is 4.00. The summed E-state index contributed by atoms with van der Waals surface area (Å²) >= 11 is 0. The molecule has 0 aliphatic carbocycles. The van der Waals surface area contributed by atoms with E-state index in [1.54, 1.807) is 0 Å². The van der Waals surface area contributed by atoms with Crippen LogP contribution >= 0.6 is 0 Å². The summed E-state index contributed by atoms with van der Waals surface area (Å²) < 4.78 is 0. The topological polar surface area (TPSA) is 54.0 Å². The summed E-state index contributed by atoms with van der Waals surface area (Å²) in [6.45, 7) is 4.23. The summed E-state index contributed by atoms with van der Waals surface area (Å²) in [6.07, 6.45) is 8.21. The molecule has 0 atom stereocenters. The standard InChI is InChI=1S/C46H30N4.Ni/c1-2-30-29-41-44(33-19-11-5-12-20-33)39-26-25-37(48-39)42(31-15-7-3-8-16-31)35-23-24-36(47-35)43(32-17-9-4-10-18-32)38-27-28-40(49-38)45(46(30)50-41)34-21-13-6-14-22-34;/h2-29H,1H2;/q-2;+2. The van der Waals surface area contributed by atoms with E-state index < -0.39 is 0 Å². The van der Waals surface area contributed by atoms with Crippen LogP contribution in [0.15, 0.2) is 158 Å². The molecule has 0 saturated heterocycles. The predicted molar refractivity (Wildman–Crippen MR) is 208 cm³/mol. The second-order valence-corrected chi connectivity index (χ2v) is 12.3. The summed E-state index contributed by atoms with van der Waals surface area (Å²) in [4.78, 5) is 21.4. The van der Waals surface area contributed by atoms with E-state index in [2.05, 4.69) is 146 Å². The van der Waals surface area contributed by atoms with E-state index in [1.807, 2.05) is 30.3 Å². The van der Waals surface area contributed by atoms with E-state index in [1.165, 1.54) is 0 Å². The molecule has 4 aromatic carbocycles. The number of nitrogens with zero attached hydrogens (tertiary/aromatic N) is 4. The van der Waals surface area contributed by atoms with Gasteiger partial charge in [0.1, 0.15) is 0 Å². The maximum absolute atomic E-state index is 5.41. The van der Waals surface area contributed by atoms with E-state index in [0.29, 0.717) is 0 Å². The monoisotopic (exact) mass is 696 g/mol. The molecule has 2 aliphatic heterocycles. The molecule has 0 spiro atoms. The Kier molecular flexibility index (Phi) is 8.49. The van der Waals surface area contributed by atoms with Gasteiger partial charge in [-0.2, -0.15) is 0 Å². The maximum Gasteiger partial charge on any atom is 2.00 e. The summed E-state index contributed by atoms with van der Waals surface area (Å²) in [6, 6.07) is 49.9. The van der Waals surface area contributed by atoms with Crippen molar-refractivity contribution >= 4 is 45.9 Å². The first-order chi connectivity index (χ1) is 24.7. The molecule has 0 saturated carbocycles. The van der Waals surface area contributed by atoms with Crippen molar-refractivity contribution in [2.75, 3.05) is 0 Å². The first-order valence-electron chi connectivity index (χ1n) is 16.7. The second kappa shape index (κ2) is 13.6. The molecule has 7 aromatic rings. The smallest absolute Gasteiger partial charge is 0.657 e. The largest absolute Gasteiger partial charge is 2.00 e. The zero-order valence-electron chi connectivity index (χ0n) is 27.5. The van der Waals surface area contributed by atoms with Gasteiger partial charge in [0.2, 0.25) is 0 Å². The van der Waals surface area contributed by atoms with Crippen LogP contribution in [0.25, 0.3) is 90.4 Å². The summed E-state index contributed by atoms with van der Waals surface area (Å²) in [5, 5.41) is 0. The molecule has 0 unspecified atom stereocenters. The van der Waals surface area contributed by atoms with Crippen molar-refractivity contribution in [1.29, 1.82) is 0 Å². The quantitative estimate of drug-likeness (QED) is 0.168. The number of benzene rings is 4. The Bertz CT molecular complexity index is 2630. The van der Waals surface area contributed by atoms with Gasteiger partial charge in [-0.25, -0.2) is 9.97 Å². The van der Waals surface area contributed by atoms with Gasteiger partial charge in [-0.3, -0.25) is 0 Å². The third-order valence-corrected chi connectivity index (χ3v) is 9.22. The third-order valence-electron chi connectivity index (χ3n) is 9.22. The minimum Gasteiger partial charge on any atom is -0.657 e. The van der Waals surface area contributed by atoms with Gasteiger partial charge in [0.05, 0.1) is 22.8 Å². The van der Waals surface area contributed by atoms with Gasteiger partial charge in [-0.15, -0.1) is 22.1 Å². The molecule has 0 fully saturated rings. The summed E-state index contributed by atoms with van der Waals surface area (Å²) in [5.41, 5.74) is 15.6. The van der Waals surface area contributed by atoms with Crippen molar-refractivity contribution in [3.63, 3.8) is 0 Å². The van der Waals surface area contributed by atoms with Crippen LogP contribution in [0.5, 0.6) is 0 Å². The van der Waals surface area contributed by atoms with Gasteiger partial charge < -0.3 is 9.97 Å². The van der Waals surface area contributed by atoms with Crippen molar-refractivity contribution in [2.24, 2.45) is 0 Å². The molecule has 0 amide bonds. The molecule has 3 aromatic heterocycles. The molecule has 0 N–H and O–H groups in total. The summed E-state index contributed by atoms with van der Waals surface area (Å²) in [5.74, 6) is 0. The van der Waals surface area contributed by atoms with Gasteiger partial charge >= 0.3 is 16.5 Å².